The summed E-state index contributed by atoms with van der Waals surface area (Å²) in [4.78, 5) is 9.89. The van der Waals surface area contributed by atoms with Gasteiger partial charge in [-0.1, -0.05) is 64.8 Å². The Labute approximate surface area is 190 Å². The van der Waals surface area contributed by atoms with Gasteiger partial charge in [-0.25, -0.2) is 9.98 Å². The molecule has 4 nitrogen and oxygen atoms in total. The monoisotopic (exact) mass is 428 g/mol. The first-order chi connectivity index (χ1) is 15.6. The van der Waals surface area contributed by atoms with E-state index in [0.29, 0.717) is 25.0 Å². The molecule has 0 fully saturated rings. The van der Waals surface area contributed by atoms with E-state index in [9.17, 15) is 0 Å². The molecule has 3 aromatic rings. The molecule has 4 heteroatoms. The average molecular weight is 429 g/mol. The molecule has 0 radical (unpaired) electrons. The Morgan fingerprint density at radius 2 is 1.22 bits per heavy atom. The third-order valence-electron chi connectivity index (χ3n) is 7.29. The summed E-state index contributed by atoms with van der Waals surface area (Å²) in [7, 11) is 0. The molecule has 4 atom stereocenters. The minimum absolute atomic E-state index is 0.236. The fourth-order valence-corrected chi connectivity index (χ4v) is 4.63. The third-order valence-corrected chi connectivity index (χ3v) is 7.29. The second-order valence-corrected chi connectivity index (χ2v) is 9.30. The first kappa shape index (κ1) is 21.0. The highest BCUT2D eigenvalue weighted by Gasteiger charge is 2.27. The number of rotatable bonds is 6. The number of aliphatic imine (C=N–C) groups is 2. The maximum absolute atomic E-state index is 6.08. The zero-order valence-corrected chi connectivity index (χ0v) is 19.5. The molecule has 0 aromatic heterocycles. The zero-order chi connectivity index (χ0) is 22.2. The van der Waals surface area contributed by atoms with Crippen LogP contribution in [0.5, 0.6) is 0 Å². The van der Waals surface area contributed by atoms with Crippen LogP contribution in [-0.2, 0) is 9.47 Å². The number of nitrogens with zero attached hydrogens (tertiary/aromatic N) is 2. The van der Waals surface area contributed by atoms with E-state index in [1.165, 1.54) is 10.8 Å². The standard InChI is InChI=1S/C28H32N2O2/c1-5-17(3)25-15-31-27(29-25)21-11-7-9-19-13-20-10-8-12-22(24(20)14-23(19)21)28-30-26(16-32-28)18(4)6-2/h7-14,17-18,25-26H,5-6,15-16H2,1-4H3/t17?,18?,25-,26-/m1/s1. The van der Waals surface area contributed by atoms with Crippen LogP contribution in [0.3, 0.4) is 0 Å². The van der Waals surface area contributed by atoms with Gasteiger partial charge in [0.25, 0.3) is 0 Å². The van der Waals surface area contributed by atoms with Crippen molar-refractivity contribution in [3.8, 4) is 0 Å². The second kappa shape index (κ2) is 8.57. The van der Waals surface area contributed by atoms with Gasteiger partial charge in [0.2, 0.25) is 11.8 Å². The number of fused-ring (bicyclic) bond motifs is 2. The minimum Gasteiger partial charge on any atom is -0.475 e. The lowest BCUT2D eigenvalue weighted by atomic mass is 9.96. The summed E-state index contributed by atoms with van der Waals surface area (Å²) in [5.74, 6) is 2.57. The number of hydrogen-bond acceptors (Lipinski definition) is 4. The smallest absolute Gasteiger partial charge is 0.217 e. The van der Waals surface area contributed by atoms with Gasteiger partial charge in [0.05, 0.1) is 12.1 Å². The molecule has 5 rings (SSSR count). The van der Waals surface area contributed by atoms with Crippen LogP contribution < -0.4 is 0 Å². The lowest BCUT2D eigenvalue weighted by Gasteiger charge is -2.11. The number of ether oxygens (including phenoxy) is 2. The molecular formula is C28H32N2O2. The van der Waals surface area contributed by atoms with E-state index in [1.54, 1.807) is 0 Å². The van der Waals surface area contributed by atoms with Gasteiger partial charge >= 0.3 is 0 Å². The molecule has 2 aliphatic heterocycles. The third kappa shape index (κ3) is 3.66. The minimum atomic E-state index is 0.236. The summed E-state index contributed by atoms with van der Waals surface area (Å²) >= 11 is 0. The maximum atomic E-state index is 6.08. The van der Waals surface area contributed by atoms with E-state index in [1.807, 2.05) is 0 Å². The maximum Gasteiger partial charge on any atom is 0.217 e. The molecular weight excluding hydrogens is 396 g/mol. The van der Waals surface area contributed by atoms with Gasteiger partial charge in [0.15, 0.2) is 0 Å². The Hall–Kier alpha value is -2.88. The van der Waals surface area contributed by atoms with Gasteiger partial charge in [-0.15, -0.1) is 0 Å². The van der Waals surface area contributed by atoms with Gasteiger partial charge in [0, 0.05) is 11.1 Å². The van der Waals surface area contributed by atoms with Crippen molar-refractivity contribution in [2.75, 3.05) is 13.2 Å². The lowest BCUT2D eigenvalue weighted by Crippen LogP contribution is -2.16. The largest absolute Gasteiger partial charge is 0.475 e. The highest BCUT2D eigenvalue weighted by atomic mass is 16.5. The van der Waals surface area contributed by atoms with Crippen molar-refractivity contribution in [1.29, 1.82) is 0 Å². The molecule has 32 heavy (non-hydrogen) atoms. The summed E-state index contributed by atoms with van der Waals surface area (Å²) in [6.07, 6.45) is 2.21. The molecule has 2 heterocycles. The van der Waals surface area contributed by atoms with Crippen molar-refractivity contribution in [1.82, 2.24) is 0 Å². The Kier molecular flexibility index (Phi) is 5.62. The average Bonchev–Trinajstić information content (AvgIpc) is 3.51. The van der Waals surface area contributed by atoms with E-state index >= 15 is 0 Å². The van der Waals surface area contributed by atoms with Crippen molar-refractivity contribution in [3.05, 3.63) is 59.7 Å². The Bertz CT molecular complexity index is 1120. The van der Waals surface area contributed by atoms with Gasteiger partial charge in [-0.3, -0.25) is 0 Å². The molecule has 2 aliphatic rings. The summed E-state index contributed by atoms with van der Waals surface area (Å²) in [6.45, 7) is 10.3. The highest BCUT2D eigenvalue weighted by Crippen LogP contribution is 2.31. The first-order valence-corrected chi connectivity index (χ1v) is 12.0. The van der Waals surface area contributed by atoms with E-state index in [2.05, 4.69) is 76.2 Å². The lowest BCUT2D eigenvalue weighted by molar-refractivity contribution is 0.282. The van der Waals surface area contributed by atoms with Gasteiger partial charge in [0.1, 0.15) is 13.2 Å². The van der Waals surface area contributed by atoms with Crippen LogP contribution in [0.15, 0.2) is 58.5 Å². The number of benzene rings is 3. The van der Waals surface area contributed by atoms with Crippen LogP contribution in [0.4, 0.5) is 0 Å². The molecule has 3 aromatic carbocycles. The molecule has 0 saturated carbocycles. The molecule has 0 bridgehead atoms. The summed E-state index contributed by atoms with van der Waals surface area (Å²) in [5.41, 5.74) is 2.13. The van der Waals surface area contributed by atoms with Crippen LogP contribution in [0.2, 0.25) is 0 Å². The van der Waals surface area contributed by atoms with Gasteiger partial charge < -0.3 is 9.47 Å². The predicted molar refractivity (Wildman–Crippen MR) is 133 cm³/mol. The predicted octanol–water partition coefficient (Wildman–Crippen LogP) is 6.38. The van der Waals surface area contributed by atoms with Crippen LogP contribution in [-0.4, -0.2) is 37.1 Å². The van der Waals surface area contributed by atoms with Crippen molar-refractivity contribution in [3.63, 3.8) is 0 Å². The fraction of sp³-hybridized carbons (Fsp3) is 0.429. The van der Waals surface area contributed by atoms with Crippen molar-refractivity contribution >= 4 is 33.3 Å². The topological polar surface area (TPSA) is 43.2 Å². The summed E-state index contributed by atoms with van der Waals surface area (Å²) < 4.78 is 12.2. The molecule has 0 N–H and O–H groups in total. The van der Waals surface area contributed by atoms with Crippen LogP contribution in [0, 0.1) is 11.8 Å². The molecule has 0 amide bonds. The Morgan fingerprint density at radius 3 is 1.66 bits per heavy atom. The molecule has 0 aliphatic carbocycles. The molecule has 0 saturated heterocycles. The SMILES string of the molecule is CCC(C)[C@H]1COC(c2cccc3cc4cccc(C5=N[C@@H](C(C)CC)CO5)c4cc23)=N1. The van der Waals surface area contributed by atoms with Crippen molar-refractivity contribution < 1.29 is 9.47 Å². The van der Waals surface area contributed by atoms with Crippen molar-refractivity contribution in [2.45, 2.75) is 52.6 Å². The summed E-state index contributed by atoms with van der Waals surface area (Å²) in [6, 6.07) is 17.7. The quantitative estimate of drug-likeness (QED) is 0.428. The van der Waals surface area contributed by atoms with E-state index in [-0.39, 0.29) is 12.1 Å². The van der Waals surface area contributed by atoms with Gasteiger partial charge in [-0.2, -0.15) is 0 Å². The second-order valence-electron chi connectivity index (χ2n) is 9.30. The molecule has 2 unspecified atom stereocenters. The van der Waals surface area contributed by atoms with E-state index in [4.69, 9.17) is 19.5 Å². The molecule has 0 spiro atoms. The number of hydrogen-bond donors (Lipinski definition) is 0. The highest BCUT2D eigenvalue weighted by molar-refractivity contribution is 6.15. The van der Waals surface area contributed by atoms with Crippen molar-refractivity contribution in [2.24, 2.45) is 21.8 Å². The normalized spacial score (nSPS) is 22.4. The summed E-state index contributed by atoms with van der Waals surface area (Å²) in [5, 5.41) is 4.70. The van der Waals surface area contributed by atoms with Crippen LogP contribution in [0.1, 0.15) is 51.7 Å². The zero-order valence-electron chi connectivity index (χ0n) is 19.5. The van der Waals surface area contributed by atoms with Gasteiger partial charge in [-0.05, 0) is 57.6 Å². The van der Waals surface area contributed by atoms with Crippen LogP contribution in [0.25, 0.3) is 21.5 Å². The van der Waals surface area contributed by atoms with Crippen LogP contribution >= 0.6 is 0 Å². The fourth-order valence-electron chi connectivity index (χ4n) is 4.63. The van der Waals surface area contributed by atoms with E-state index in [0.717, 1.165) is 46.5 Å². The molecule has 166 valence electrons. The van der Waals surface area contributed by atoms with E-state index < -0.39 is 0 Å². The Morgan fingerprint density at radius 1 is 0.750 bits per heavy atom. The Balaban J connectivity index is 1.62. The first-order valence-electron chi connectivity index (χ1n) is 12.0.